The fourth-order valence-electron chi connectivity index (χ4n) is 0.856. The molecule has 0 N–H and O–H groups in total. The number of allylic oxidation sites excluding steroid dienone is 1. The second-order valence-electron chi connectivity index (χ2n) is 2.90. The number of hydrogen-bond acceptors (Lipinski definition) is 0. The van der Waals surface area contributed by atoms with Crippen molar-refractivity contribution >= 4 is 0 Å². The van der Waals surface area contributed by atoms with Crippen molar-refractivity contribution in [2.45, 2.75) is 32.6 Å². The SMILES string of the molecule is C=C=C=C=C=C=C=C=C=C=CCCCCC. The first-order chi connectivity index (χ1) is 7.91. The van der Waals surface area contributed by atoms with E-state index in [1.54, 1.807) is 0 Å². The summed E-state index contributed by atoms with van der Waals surface area (Å²) in [5, 5.41) is 0. The molecule has 0 aliphatic carbocycles. The standard InChI is InChI=1S/C16H14/c1-3-5-7-9-11-13-15-16-14-12-10-8-6-4-2/h12H,1,4,6,8,10H2,2H3. The molecule has 0 aliphatic rings. The summed E-state index contributed by atoms with van der Waals surface area (Å²) in [4.78, 5) is 0. The molecule has 0 aromatic carbocycles. The molecule has 0 amide bonds. The van der Waals surface area contributed by atoms with E-state index in [1.165, 1.54) is 19.3 Å². The molecule has 0 unspecified atom stereocenters. The molecule has 0 saturated carbocycles. The average molecular weight is 206 g/mol. The molecule has 0 spiro atoms. The van der Waals surface area contributed by atoms with E-state index >= 15 is 0 Å². The number of rotatable bonds is 4. The maximum Gasteiger partial charge on any atom is -0.000000687 e. The van der Waals surface area contributed by atoms with Gasteiger partial charge in [-0.25, -0.2) is 0 Å². The zero-order valence-corrected chi connectivity index (χ0v) is 9.61. The van der Waals surface area contributed by atoms with Crippen LogP contribution in [0.5, 0.6) is 0 Å². The first-order valence-electron chi connectivity index (χ1n) is 5.26. The van der Waals surface area contributed by atoms with Crippen molar-refractivity contribution in [2.75, 3.05) is 0 Å². The first kappa shape index (κ1) is 13.8. The van der Waals surface area contributed by atoms with Crippen LogP contribution in [0.2, 0.25) is 0 Å². The minimum atomic E-state index is 1.04. The second kappa shape index (κ2) is 12.8. The van der Waals surface area contributed by atoms with E-state index in [1.807, 2.05) is 6.08 Å². The summed E-state index contributed by atoms with van der Waals surface area (Å²) in [6.07, 6.45) is 6.68. The van der Waals surface area contributed by atoms with Gasteiger partial charge in [0.25, 0.3) is 0 Å². The fourth-order valence-corrected chi connectivity index (χ4v) is 0.856. The minimum absolute atomic E-state index is 1.04. The van der Waals surface area contributed by atoms with Crippen molar-refractivity contribution in [3.63, 3.8) is 0 Å². The van der Waals surface area contributed by atoms with E-state index in [-0.39, 0.29) is 0 Å². The van der Waals surface area contributed by atoms with Crippen molar-refractivity contribution in [3.8, 4) is 0 Å². The molecule has 0 aliphatic heterocycles. The van der Waals surface area contributed by atoms with Crippen LogP contribution in [0.4, 0.5) is 0 Å². The van der Waals surface area contributed by atoms with Crippen LogP contribution >= 0.6 is 0 Å². The Balaban J connectivity index is 4.54. The highest BCUT2D eigenvalue weighted by molar-refractivity contribution is 4.90. The van der Waals surface area contributed by atoms with Gasteiger partial charge in [0.15, 0.2) is 0 Å². The normalized spacial score (nSPS) is 6.06. The van der Waals surface area contributed by atoms with Crippen LogP contribution in [0, 0.1) is 0 Å². The lowest BCUT2D eigenvalue weighted by molar-refractivity contribution is 0.729. The molecule has 0 saturated heterocycles. The molecule has 0 fully saturated rings. The third-order valence-corrected chi connectivity index (χ3v) is 1.59. The quantitative estimate of drug-likeness (QED) is 0.479. The van der Waals surface area contributed by atoms with Gasteiger partial charge < -0.3 is 0 Å². The van der Waals surface area contributed by atoms with Gasteiger partial charge in [0.1, 0.15) is 0 Å². The molecule has 16 heavy (non-hydrogen) atoms. The van der Waals surface area contributed by atoms with Gasteiger partial charge in [0, 0.05) is 0 Å². The molecule has 78 valence electrons. The Labute approximate surface area is 97.3 Å². The van der Waals surface area contributed by atoms with Crippen molar-refractivity contribution in [2.24, 2.45) is 0 Å². The van der Waals surface area contributed by atoms with Crippen molar-refractivity contribution in [1.82, 2.24) is 0 Å². The van der Waals surface area contributed by atoms with Gasteiger partial charge >= 0.3 is 0 Å². The zero-order chi connectivity index (χ0) is 11.9. The van der Waals surface area contributed by atoms with Crippen LogP contribution in [-0.2, 0) is 0 Å². The summed E-state index contributed by atoms with van der Waals surface area (Å²) < 4.78 is 0. The van der Waals surface area contributed by atoms with E-state index in [9.17, 15) is 0 Å². The third kappa shape index (κ3) is 11.8. The molecule has 0 atom stereocenters. The highest BCUT2D eigenvalue weighted by Crippen LogP contribution is 1.97. The van der Waals surface area contributed by atoms with Gasteiger partial charge in [-0.05, 0) is 65.6 Å². The largest absolute Gasteiger partial charge is 0.0687 e. The van der Waals surface area contributed by atoms with Crippen molar-refractivity contribution in [1.29, 1.82) is 0 Å². The van der Waals surface area contributed by atoms with E-state index < -0.39 is 0 Å². The molecule has 0 bridgehead atoms. The van der Waals surface area contributed by atoms with Crippen LogP contribution in [0.15, 0.2) is 64.2 Å². The molecule has 0 radical (unpaired) electrons. The summed E-state index contributed by atoms with van der Waals surface area (Å²) in [5.74, 6) is 0. The number of unbranched alkanes of at least 4 members (excludes halogenated alkanes) is 3. The summed E-state index contributed by atoms with van der Waals surface area (Å²) in [6, 6.07) is 0. The molecule has 0 nitrogen and oxygen atoms in total. The van der Waals surface area contributed by atoms with Crippen LogP contribution < -0.4 is 0 Å². The van der Waals surface area contributed by atoms with Gasteiger partial charge in [-0.2, -0.15) is 0 Å². The summed E-state index contributed by atoms with van der Waals surface area (Å²) in [7, 11) is 0. The average Bonchev–Trinajstić information content (AvgIpc) is 2.31. The zero-order valence-electron chi connectivity index (χ0n) is 9.61. The van der Waals surface area contributed by atoms with Gasteiger partial charge in [0.05, 0.1) is 0 Å². The Morgan fingerprint density at radius 1 is 0.875 bits per heavy atom. The molecule has 0 heteroatoms. The topological polar surface area (TPSA) is 0 Å². The summed E-state index contributed by atoms with van der Waals surface area (Å²) >= 11 is 0. The molecule has 0 aromatic heterocycles. The van der Waals surface area contributed by atoms with Gasteiger partial charge in [0.2, 0.25) is 0 Å². The maximum atomic E-state index is 3.32. The first-order valence-corrected chi connectivity index (χ1v) is 5.26. The fraction of sp³-hybridized carbons (Fsp3) is 0.312. The van der Waals surface area contributed by atoms with Gasteiger partial charge in [-0.3, -0.25) is 0 Å². The van der Waals surface area contributed by atoms with E-state index in [0.717, 1.165) is 6.42 Å². The van der Waals surface area contributed by atoms with Crippen molar-refractivity contribution < 1.29 is 0 Å². The third-order valence-electron chi connectivity index (χ3n) is 1.59. The Morgan fingerprint density at radius 2 is 1.50 bits per heavy atom. The lowest BCUT2D eigenvalue weighted by Crippen LogP contribution is -1.68. The Hall–Kier alpha value is -2.24. The second-order valence-corrected chi connectivity index (χ2v) is 2.90. The predicted octanol–water partition coefficient (Wildman–Crippen LogP) is 4.15. The highest BCUT2D eigenvalue weighted by atomic mass is 13.8. The van der Waals surface area contributed by atoms with E-state index in [2.05, 4.69) is 65.1 Å². The monoisotopic (exact) mass is 206 g/mol. The Bertz CT molecular complexity index is 519. The maximum absolute atomic E-state index is 3.32. The number of hydrogen-bond donors (Lipinski definition) is 0. The Kier molecular flexibility index (Phi) is 11.0. The van der Waals surface area contributed by atoms with Crippen LogP contribution in [0.1, 0.15) is 32.6 Å². The molecular formula is C16H14. The summed E-state index contributed by atoms with van der Waals surface area (Å²) in [5.41, 5.74) is 23.3. The van der Waals surface area contributed by atoms with Crippen LogP contribution in [0.25, 0.3) is 0 Å². The molecule has 0 heterocycles. The lowest BCUT2D eigenvalue weighted by Gasteiger charge is -1.87. The Morgan fingerprint density at radius 3 is 2.12 bits per heavy atom. The minimum Gasteiger partial charge on any atom is -0.0687 e. The lowest BCUT2D eigenvalue weighted by atomic mass is 10.2. The molecule has 0 aromatic rings. The molecular weight excluding hydrogens is 192 g/mol. The van der Waals surface area contributed by atoms with Gasteiger partial charge in [-0.1, -0.05) is 31.2 Å². The smallest absolute Gasteiger partial charge is 0.000000687 e. The predicted molar refractivity (Wildman–Crippen MR) is 66.0 cm³/mol. The van der Waals surface area contributed by atoms with Crippen molar-refractivity contribution in [3.05, 3.63) is 64.2 Å². The molecule has 0 rings (SSSR count). The van der Waals surface area contributed by atoms with E-state index in [0.29, 0.717) is 0 Å². The summed E-state index contributed by atoms with van der Waals surface area (Å²) in [6.45, 7) is 5.50. The highest BCUT2D eigenvalue weighted by Gasteiger charge is 1.78. The van der Waals surface area contributed by atoms with E-state index in [4.69, 9.17) is 0 Å². The van der Waals surface area contributed by atoms with Gasteiger partial charge in [-0.15, -0.1) is 0 Å². The van der Waals surface area contributed by atoms with Crippen LogP contribution in [-0.4, -0.2) is 0 Å². The van der Waals surface area contributed by atoms with Crippen LogP contribution in [0.3, 0.4) is 0 Å².